The first-order valence-corrected chi connectivity index (χ1v) is 24.8. The maximum absolute atomic E-state index is 9.06. The molecule has 0 amide bonds. The Morgan fingerprint density at radius 2 is 0.944 bits per heavy atom. The summed E-state index contributed by atoms with van der Waals surface area (Å²) in [6, 6.07) is 83.4. The molecule has 1 unspecified atom stereocenters. The molecule has 9 aromatic rings. The van der Waals surface area contributed by atoms with Crippen LogP contribution in [0.5, 0.6) is 0 Å². The van der Waals surface area contributed by atoms with Gasteiger partial charge in [-0.3, -0.25) is 4.99 Å². The summed E-state index contributed by atoms with van der Waals surface area (Å²) < 4.78 is 0. The van der Waals surface area contributed by atoms with Crippen LogP contribution in [0.25, 0.3) is 50.2 Å². The van der Waals surface area contributed by atoms with Crippen molar-refractivity contribution in [2.24, 2.45) is 10.9 Å². The summed E-state index contributed by atoms with van der Waals surface area (Å²) in [6.07, 6.45) is 9.42. The van der Waals surface area contributed by atoms with Crippen LogP contribution >= 0.6 is 0 Å². The minimum absolute atomic E-state index is 0.203. The number of nitrogens with one attached hydrogen (secondary N) is 1. The molecule has 350 valence electrons. The van der Waals surface area contributed by atoms with Crippen molar-refractivity contribution in [1.82, 2.24) is 0 Å². The fraction of sp³-hybridized carbons (Fsp3) is 0.0857. The predicted octanol–water partition coefficient (Wildman–Crippen LogP) is 18.1. The Labute approximate surface area is 427 Å². The summed E-state index contributed by atoms with van der Waals surface area (Å²) in [5.74, 6) is 0.314. The van der Waals surface area contributed by atoms with Crippen LogP contribution in [0.3, 0.4) is 0 Å². The van der Waals surface area contributed by atoms with Gasteiger partial charge >= 0.3 is 0 Å². The monoisotopic (exact) mass is 928 g/mol. The molecule has 2 nitrogen and oxygen atoms in total. The Morgan fingerprint density at radius 1 is 0.500 bits per heavy atom. The van der Waals surface area contributed by atoms with Gasteiger partial charge in [-0.2, -0.15) is 0 Å². The highest BCUT2D eigenvalue weighted by Gasteiger charge is 2.56. The molecule has 0 aliphatic heterocycles. The molecular weight excluding hydrogens is 869 g/mol. The first-order chi connectivity index (χ1) is 35.3. The van der Waals surface area contributed by atoms with E-state index in [9.17, 15) is 0 Å². The smallest absolute Gasteiger partial charge is 0.0716 e. The van der Waals surface area contributed by atoms with Crippen molar-refractivity contribution in [3.05, 3.63) is 318 Å². The second-order valence-corrected chi connectivity index (χ2v) is 18.4. The highest BCUT2D eigenvalue weighted by molar-refractivity contribution is 6.11. The summed E-state index contributed by atoms with van der Waals surface area (Å²) in [6.45, 7) is 13.2. The zero-order chi connectivity index (χ0) is 49.9. The molecule has 0 fully saturated rings. The molecule has 1 atom stereocenters. The van der Waals surface area contributed by atoms with Crippen molar-refractivity contribution in [2.45, 2.75) is 32.6 Å². The summed E-state index contributed by atoms with van der Waals surface area (Å²) in [5.41, 5.74) is 22.0. The van der Waals surface area contributed by atoms with Gasteiger partial charge in [-0.1, -0.05) is 254 Å². The van der Waals surface area contributed by atoms with Crippen LogP contribution < -0.4 is 0 Å². The molecular formula is C70H60N2. The minimum atomic E-state index is -0.203. The van der Waals surface area contributed by atoms with Crippen LogP contribution in [-0.4, -0.2) is 12.4 Å². The average molecular weight is 929 g/mol. The number of fused-ring (bicyclic) bond motifs is 10. The number of aliphatic imine (C=N–C) groups is 1. The van der Waals surface area contributed by atoms with Crippen molar-refractivity contribution in [2.75, 3.05) is 0 Å². The number of rotatable bonds is 7. The second kappa shape index (κ2) is 22.4. The molecule has 3 aliphatic carbocycles. The van der Waals surface area contributed by atoms with Crippen LogP contribution in [0.2, 0.25) is 0 Å². The second-order valence-electron chi connectivity index (χ2n) is 18.4. The van der Waals surface area contributed by atoms with E-state index >= 15 is 0 Å². The summed E-state index contributed by atoms with van der Waals surface area (Å²) >= 11 is 0. The van der Waals surface area contributed by atoms with Crippen LogP contribution in [0.4, 0.5) is 0 Å². The van der Waals surface area contributed by atoms with Crippen molar-refractivity contribution in [3.8, 4) is 33.4 Å². The fourth-order valence-corrected chi connectivity index (χ4v) is 10.5. The SMILES string of the molecule is C=CC.C=N/C(=C\C(=N)c1cccc(-c2cccc(C3=CCC4C(=C3)c3ccccc3C43c4ccccc4-c4ccccc43)c2)c1)c1ccc(-c2ccccc2)cc1.Cc1ccccc1.Cc1ccccc1. The minimum Gasteiger partial charge on any atom is -0.300 e. The van der Waals surface area contributed by atoms with Gasteiger partial charge in [-0.05, 0) is 124 Å². The molecule has 0 saturated carbocycles. The molecule has 0 heterocycles. The Kier molecular flexibility index (Phi) is 15.0. The van der Waals surface area contributed by atoms with E-state index in [-0.39, 0.29) is 5.41 Å². The molecule has 1 spiro atoms. The van der Waals surface area contributed by atoms with Gasteiger partial charge in [-0.25, -0.2) is 0 Å². The van der Waals surface area contributed by atoms with E-state index < -0.39 is 0 Å². The number of benzene rings is 9. The fourth-order valence-electron chi connectivity index (χ4n) is 10.5. The first-order valence-electron chi connectivity index (χ1n) is 24.8. The van der Waals surface area contributed by atoms with Gasteiger partial charge in [0.05, 0.1) is 16.8 Å². The Bertz CT molecular complexity index is 3360. The van der Waals surface area contributed by atoms with Crippen LogP contribution in [0, 0.1) is 25.2 Å². The third-order valence-corrected chi connectivity index (χ3v) is 13.8. The molecule has 0 radical (unpaired) electrons. The maximum atomic E-state index is 9.06. The topological polar surface area (TPSA) is 36.2 Å². The third-order valence-electron chi connectivity index (χ3n) is 13.8. The molecule has 0 aromatic heterocycles. The van der Waals surface area contributed by atoms with Gasteiger partial charge in [0.2, 0.25) is 0 Å². The van der Waals surface area contributed by atoms with Crippen molar-refractivity contribution >= 4 is 29.3 Å². The number of aryl methyl sites for hydroxylation is 2. The van der Waals surface area contributed by atoms with E-state index in [1.54, 1.807) is 6.08 Å². The molecule has 0 bridgehead atoms. The Hall–Kier alpha value is -8.72. The largest absolute Gasteiger partial charge is 0.300 e. The van der Waals surface area contributed by atoms with E-state index in [1.807, 2.05) is 91.9 Å². The molecule has 72 heavy (non-hydrogen) atoms. The van der Waals surface area contributed by atoms with Gasteiger partial charge in [0.1, 0.15) is 0 Å². The lowest BCUT2D eigenvalue weighted by Gasteiger charge is -2.36. The van der Waals surface area contributed by atoms with Crippen LogP contribution in [0.1, 0.15) is 63.4 Å². The standard InChI is InChI=1S/C53H38N2.2C7H8.C3H6/c1-55-52(37-27-25-36(26-28-37)35-13-3-2-4-14-35)34-51(54)42-18-12-17-40(32-42)38-15-11-16-39(31-38)41-29-30-50-46(33-41)45-21-7-10-24-49(45)53(50)47-22-8-5-19-43(47)44-20-6-9-23-48(44)53;2*1-7-5-3-2-4-6-7;1-3-2/h2-29,31-34,50,54H,1,30H2;2*2-6H,1H3;3H,1H2,2H3/b52-34-,54-51?;;;. The van der Waals surface area contributed by atoms with E-state index in [2.05, 4.69) is 202 Å². The summed E-state index contributed by atoms with van der Waals surface area (Å²) in [4.78, 5) is 4.31. The third kappa shape index (κ3) is 9.99. The number of hydrogen-bond donors (Lipinski definition) is 1. The lowest BCUT2D eigenvalue weighted by molar-refractivity contribution is 0.495. The number of hydrogen-bond acceptors (Lipinski definition) is 2. The normalized spacial score (nSPS) is 14.1. The average Bonchev–Trinajstić information content (AvgIpc) is 3.91. The highest BCUT2D eigenvalue weighted by atomic mass is 14.7. The van der Waals surface area contributed by atoms with Crippen molar-refractivity contribution in [3.63, 3.8) is 0 Å². The van der Waals surface area contributed by atoms with E-state index in [1.165, 1.54) is 66.8 Å². The molecule has 1 N–H and O–H groups in total. The lowest BCUT2D eigenvalue weighted by Crippen LogP contribution is -2.32. The maximum Gasteiger partial charge on any atom is 0.0716 e. The number of allylic oxidation sites excluding steroid dienone is 6. The predicted molar refractivity (Wildman–Crippen MR) is 309 cm³/mol. The van der Waals surface area contributed by atoms with Gasteiger partial charge in [0.25, 0.3) is 0 Å². The molecule has 0 saturated heterocycles. The quantitative estimate of drug-likeness (QED) is 0.122. The van der Waals surface area contributed by atoms with E-state index in [0.29, 0.717) is 17.3 Å². The molecule has 12 rings (SSSR count). The van der Waals surface area contributed by atoms with Crippen LogP contribution in [0.15, 0.2) is 272 Å². The zero-order valence-corrected chi connectivity index (χ0v) is 41.5. The van der Waals surface area contributed by atoms with Gasteiger partial charge in [0, 0.05) is 17.0 Å². The first kappa shape index (κ1) is 48.3. The van der Waals surface area contributed by atoms with Crippen molar-refractivity contribution in [1.29, 1.82) is 5.41 Å². The lowest BCUT2D eigenvalue weighted by atomic mass is 9.65. The molecule has 3 aliphatic rings. The van der Waals surface area contributed by atoms with Gasteiger partial charge in [0.15, 0.2) is 0 Å². The van der Waals surface area contributed by atoms with E-state index in [0.717, 1.165) is 34.2 Å². The Morgan fingerprint density at radius 3 is 1.49 bits per heavy atom. The zero-order valence-electron chi connectivity index (χ0n) is 41.5. The number of nitrogens with zero attached hydrogens (tertiary/aromatic N) is 1. The van der Waals surface area contributed by atoms with Gasteiger partial charge < -0.3 is 5.41 Å². The van der Waals surface area contributed by atoms with Gasteiger partial charge in [-0.15, -0.1) is 6.58 Å². The van der Waals surface area contributed by atoms with E-state index in [4.69, 9.17) is 5.41 Å². The summed E-state index contributed by atoms with van der Waals surface area (Å²) in [7, 11) is 0. The Balaban J connectivity index is 0.000000321. The molecule has 2 heteroatoms. The summed E-state index contributed by atoms with van der Waals surface area (Å²) in [5, 5.41) is 9.06. The highest BCUT2D eigenvalue weighted by Crippen LogP contribution is 2.65. The van der Waals surface area contributed by atoms with Crippen molar-refractivity contribution < 1.29 is 0 Å². The van der Waals surface area contributed by atoms with Crippen LogP contribution in [-0.2, 0) is 5.41 Å². The molecule has 9 aromatic carbocycles.